The van der Waals surface area contributed by atoms with Gasteiger partial charge in [0.2, 0.25) is 15.8 Å². The predicted molar refractivity (Wildman–Crippen MR) is 87.7 cm³/mol. The van der Waals surface area contributed by atoms with Gasteiger partial charge in [0.05, 0.1) is 18.3 Å². The largest absolute Gasteiger partial charge is 0.496 e. The van der Waals surface area contributed by atoms with Crippen molar-refractivity contribution in [2.45, 2.75) is 11.5 Å². The van der Waals surface area contributed by atoms with E-state index in [9.17, 15) is 13.2 Å². The Morgan fingerprint density at radius 3 is 2.69 bits per heavy atom. The lowest BCUT2D eigenvalue weighted by molar-refractivity contribution is 0.0460. The Labute approximate surface area is 148 Å². The molecule has 2 heterocycles. The maximum Gasteiger partial charge on any atom is 0.342 e. The first-order valence-corrected chi connectivity index (χ1v) is 8.80. The van der Waals surface area contributed by atoms with Crippen molar-refractivity contribution < 1.29 is 31.6 Å². The zero-order chi connectivity index (χ0) is 18.7. The van der Waals surface area contributed by atoms with Gasteiger partial charge in [-0.1, -0.05) is 5.16 Å². The SMILES string of the molecule is COc1ccc(S(N)(=O)=O)cc1C(=O)OCc1cc(-c2ccco2)on1. The molecule has 0 radical (unpaired) electrons. The van der Waals surface area contributed by atoms with Gasteiger partial charge in [-0.25, -0.2) is 18.4 Å². The number of benzene rings is 1. The maximum absolute atomic E-state index is 12.3. The molecule has 2 N–H and O–H groups in total. The number of nitrogens with zero attached hydrogens (tertiary/aromatic N) is 1. The van der Waals surface area contributed by atoms with E-state index in [-0.39, 0.29) is 22.8 Å². The van der Waals surface area contributed by atoms with Gasteiger partial charge in [0.25, 0.3) is 0 Å². The minimum Gasteiger partial charge on any atom is -0.496 e. The molecule has 0 saturated carbocycles. The number of rotatable bonds is 6. The number of carbonyl (C=O) groups is 1. The fourth-order valence-corrected chi connectivity index (χ4v) is 2.70. The van der Waals surface area contributed by atoms with Gasteiger partial charge in [0.1, 0.15) is 23.6 Å². The summed E-state index contributed by atoms with van der Waals surface area (Å²) in [6, 6.07) is 8.60. The summed E-state index contributed by atoms with van der Waals surface area (Å²) in [6.45, 7) is -0.189. The number of sulfonamides is 1. The number of esters is 1. The lowest BCUT2D eigenvalue weighted by atomic mass is 10.2. The van der Waals surface area contributed by atoms with Gasteiger partial charge in [0.15, 0.2) is 5.76 Å². The Bertz CT molecular complexity index is 1020. The summed E-state index contributed by atoms with van der Waals surface area (Å²) >= 11 is 0. The van der Waals surface area contributed by atoms with Crippen LogP contribution in [-0.2, 0) is 21.4 Å². The van der Waals surface area contributed by atoms with E-state index >= 15 is 0 Å². The fourth-order valence-electron chi connectivity index (χ4n) is 2.16. The second-order valence-electron chi connectivity index (χ2n) is 5.14. The molecule has 136 valence electrons. The molecule has 0 aliphatic carbocycles. The Kier molecular flexibility index (Phi) is 4.78. The number of carbonyl (C=O) groups excluding carboxylic acids is 1. The van der Waals surface area contributed by atoms with Crippen LogP contribution >= 0.6 is 0 Å². The average molecular weight is 378 g/mol. The number of nitrogens with two attached hydrogens (primary N) is 1. The van der Waals surface area contributed by atoms with Crippen molar-refractivity contribution in [3.63, 3.8) is 0 Å². The van der Waals surface area contributed by atoms with Gasteiger partial charge in [-0.15, -0.1) is 0 Å². The zero-order valence-electron chi connectivity index (χ0n) is 13.5. The van der Waals surface area contributed by atoms with Crippen LogP contribution < -0.4 is 9.88 Å². The zero-order valence-corrected chi connectivity index (χ0v) is 14.4. The molecule has 0 aliphatic heterocycles. The Morgan fingerprint density at radius 1 is 1.23 bits per heavy atom. The number of furan rings is 1. The number of hydrogen-bond acceptors (Lipinski definition) is 8. The van der Waals surface area contributed by atoms with Crippen molar-refractivity contribution in [1.29, 1.82) is 0 Å². The van der Waals surface area contributed by atoms with E-state index in [4.69, 9.17) is 23.6 Å². The quantitative estimate of drug-likeness (QED) is 0.643. The smallest absolute Gasteiger partial charge is 0.342 e. The summed E-state index contributed by atoms with van der Waals surface area (Å²) in [7, 11) is -2.63. The molecule has 0 bridgehead atoms. The van der Waals surface area contributed by atoms with Crippen LogP contribution in [0, 0.1) is 0 Å². The Balaban J connectivity index is 1.76. The van der Waals surface area contributed by atoms with E-state index in [0.29, 0.717) is 17.2 Å². The third-order valence-electron chi connectivity index (χ3n) is 3.39. The maximum atomic E-state index is 12.3. The average Bonchev–Trinajstić information content (AvgIpc) is 3.29. The number of primary sulfonamides is 1. The number of ether oxygens (including phenoxy) is 2. The fraction of sp³-hybridized carbons (Fsp3) is 0.125. The summed E-state index contributed by atoms with van der Waals surface area (Å²) in [6.07, 6.45) is 1.49. The highest BCUT2D eigenvalue weighted by atomic mass is 32.2. The third-order valence-corrected chi connectivity index (χ3v) is 4.30. The molecule has 2 aromatic heterocycles. The summed E-state index contributed by atoms with van der Waals surface area (Å²) < 4.78 is 43.4. The van der Waals surface area contributed by atoms with Crippen molar-refractivity contribution in [2.75, 3.05) is 7.11 Å². The molecular weight excluding hydrogens is 364 g/mol. The van der Waals surface area contributed by atoms with Crippen molar-refractivity contribution in [3.05, 3.63) is 53.9 Å². The van der Waals surface area contributed by atoms with E-state index in [2.05, 4.69) is 5.16 Å². The van der Waals surface area contributed by atoms with Crippen molar-refractivity contribution in [3.8, 4) is 17.3 Å². The van der Waals surface area contributed by atoms with Gasteiger partial charge in [0, 0.05) is 6.07 Å². The van der Waals surface area contributed by atoms with Crippen LogP contribution in [0.5, 0.6) is 5.75 Å². The molecule has 0 atom stereocenters. The molecule has 0 unspecified atom stereocenters. The van der Waals surface area contributed by atoms with Gasteiger partial charge in [-0.05, 0) is 30.3 Å². The van der Waals surface area contributed by atoms with E-state index < -0.39 is 16.0 Å². The summed E-state index contributed by atoms with van der Waals surface area (Å²) in [5, 5.41) is 8.86. The molecule has 10 heteroatoms. The van der Waals surface area contributed by atoms with Crippen LogP contribution in [-0.4, -0.2) is 26.7 Å². The standard InChI is InChI=1S/C16H14N2O7S/c1-22-13-5-4-11(26(17,20)21)8-12(13)16(19)24-9-10-7-15(25-18-10)14-3-2-6-23-14/h2-8H,9H2,1H3,(H2,17,20,21). The minimum atomic E-state index is -3.97. The van der Waals surface area contributed by atoms with Crippen LogP contribution in [0.25, 0.3) is 11.5 Å². The number of hydrogen-bond donors (Lipinski definition) is 1. The highest BCUT2D eigenvalue weighted by molar-refractivity contribution is 7.89. The summed E-state index contributed by atoms with van der Waals surface area (Å²) in [5.41, 5.74) is 0.278. The highest BCUT2D eigenvalue weighted by Crippen LogP contribution is 2.24. The van der Waals surface area contributed by atoms with E-state index in [1.165, 1.54) is 25.5 Å². The number of methoxy groups -OCH3 is 1. The van der Waals surface area contributed by atoms with Crippen LogP contribution in [0.15, 0.2) is 56.5 Å². The third kappa shape index (κ3) is 3.76. The first-order chi connectivity index (χ1) is 12.4. The van der Waals surface area contributed by atoms with Crippen molar-refractivity contribution in [1.82, 2.24) is 5.16 Å². The Morgan fingerprint density at radius 2 is 2.04 bits per heavy atom. The van der Waals surface area contributed by atoms with Crippen molar-refractivity contribution in [2.24, 2.45) is 5.14 Å². The first-order valence-electron chi connectivity index (χ1n) is 7.26. The molecule has 0 amide bonds. The predicted octanol–water partition coefficient (Wildman–Crippen LogP) is 1.95. The normalized spacial score (nSPS) is 11.3. The van der Waals surface area contributed by atoms with Gasteiger partial charge in [-0.2, -0.15) is 0 Å². The van der Waals surface area contributed by atoms with E-state index in [1.54, 1.807) is 18.2 Å². The van der Waals surface area contributed by atoms with Gasteiger partial charge < -0.3 is 18.4 Å². The molecule has 9 nitrogen and oxygen atoms in total. The van der Waals surface area contributed by atoms with Gasteiger partial charge >= 0.3 is 5.97 Å². The Hall–Kier alpha value is -3.11. The van der Waals surface area contributed by atoms with Crippen molar-refractivity contribution >= 4 is 16.0 Å². The molecule has 0 aliphatic rings. The molecular formula is C16H14N2O7S. The number of aromatic nitrogens is 1. The minimum absolute atomic E-state index is 0.0752. The van der Waals surface area contributed by atoms with E-state index in [0.717, 1.165) is 6.07 Å². The van der Waals surface area contributed by atoms with Crippen LogP contribution in [0.3, 0.4) is 0 Å². The topological polar surface area (TPSA) is 135 Å². The summed E-state index contributed by atoms with van der Waals surface area (Å²) in [4.78, 5) is 12.1. The highest BCUT2D eigenvalue weighted by Gasteiger charge is 2.19. The second kappa shape index (κ2) is 7.02. The van der Waals surface area contributed by atoms with Crippen LogP contribution in [0.4, 0.5) is 0 Å². The molecule has 0 spiro atoms. The molecule has 1 aromatic carbocycles. The molecule has 3 aromatic rings. The summed E-state index contributed by atoms with van der Waals surface area (Å²) in [5.74, 6) is 0.223. The van der Waals surface area contributed by atoms with Gasteiger partial charge in [-0.3, -0.25) is 0 Å². The lowest BCUT2D eigenvalue weighted by Gasteiger charge is -2.09. The molecule has 0 saturated heterocycles. The molecule has 26 heavy (non-hydrogen) atoms. The second-order valence-corrected chi connectivity index (χ2v) is 6.70. The van der Waals surface area contributed by atoms with Crippen LogP contribution in [0.1, 0.15) is 16.1 Å². The molecule has 3 rings (SSSR count). The first kappa shape index (κ1) is 17.7. The monoisotopic (exact) mass is 378 g/mol. The van der Waals surface area contributed by atoms with Crippen LogP contribution in [0.2, 0.25) is 0 Å². The molecule has 0 fully saturated rings. The van der Waals surface area contributed by atoms with E-state index in [1.807, 2.05) is 0 Å². The lowest BCUT2D eigenvalue weighted by Crippen LogP contribution is -2.14.